The van der Waals surface area contributed by atoms with E-state index in [4.69, 9.17) is 21.1 Å². The van der Waals surface area contributed by atoms with E-state index in [1.807, 2.05) is 31.2 Å². The van der Waals surface area contributed by atoms with Crippen molar-refractivity contribution >= 4 is 34.2 Å². The van der Waals surface area contributed by atoms with Crippen molar-refractivity contribution in [2.24, 2.45) is 0 Å². The van der Waals surface area contributed by atoms with E-state index < -0.39 is 0 Å². The summed E-state index contributed by atoms with van der Waals surface area (Å²) < 4.78 is 12.3. The minimum Gasteiger partial charge on any atom is -0.494 e. The number of benzene rings is 2. The molecule has 0 aromatic heterocycles. The van der Waals surface area contributed by atoms with E-state index in [1.54, 1.807) is 0 Å². The Balaban J connectivity index is 1.99. The van der Waals surface area contributed by atoms with Crippen molar-refractivity contribution in [1.82, 2.24) is 4.90 Å². The summed E-state index contributed by atoms with van der Waals surface area (Å²) in [4.78, 5) is 2.44. The zero-order valence-corrected chi connectivity index (χ0v) is 16.6. The predicted molar refractivity (Wildman–Crippen MR) is 106 cm³/mol. The van der Waals surface area contributed by atoms with Gasteiger partial charge in [0.05, 0.1) is 25.9 Å². The Labute approximate surface area is 162 Å². The molecule has 0 amide bonds. The van der Waals surface area contributed by atoms with Crippen molar-refractivity contribution in [3.05, 3.63) is 62.2 Å². The van der Waals surface area contributed by atoms with Crippen molar-refractivity contribution in [3.63, 3.8) is 0 Å². The maximum absolute atomic E-state index is 6.56. The van der Waals surface area contributed by atoms with Gasteiger partial charge in [-0.15, -0.1) is 0 Å². The fourth-order valence-electron chi connectivity index (χ4n) is 3.06. The van der Waals surface area contributed by atoms with Gasteiger partial charge in [0.1, 0.15) is 5.75 Å². The predicted octanol–water partition coefficient (Wildman–Crippen LogP) is 4.76. The van der Waals surface area contributed by atoms with Gasteiger partial charge < -0.3 is 9.47 Å². The number of rotatable bonds is 5. The van der Waals surface area contributed by atoms with E-state index in [1.165, 1.54) is 9.13 Å². The Morgan fingerprint density at radius 1 is 1.17 bits per heavy atom. The Morgan fingerprint density at radius 3 is 2.54 bits per heavy atom. The minimum atomic E-state index is 0.131. The van der Waals surface area contributed by atoms with Crippen LogP contribution >= 0.6 is 34.2 Å². The fraction of sp³-hybridized carbons (Fsp3) is 0.368. The summed E-state index contributed by atoms with van der Waals surface area (Å²) in [6, 6.07) is 14.7. The van der Waals surface area contributed by atoms with Crippen LogP contribution in [0.1, 0.15) is 24.1 Å². The van der Waals surface area contributed by atoms with Crippen LogP contribution in [0.3, 0.4) is 0 Å². The second-order valence-electron chi connectivity index (χ2n) is 5.72. The van der Waals surface area contributed by atoms with Crippen LogP contribution in [0.15, 0.2) is 42.5 Å². The van der Waals surface area contributed by atoms with Crippen LogP contribution in [0.5, 0.6) is 5.75 Å². The molecular formula is C19H21ClINO2. The van der Waals surface area contributed by atoms with E-state index in [-0.39, 0.29) is 6.04 Å². The van der Waals surface area contributed by atoms with Crippen LogP contribution in [0, 0.1) is 3.57 Å². The lowest BCUT2D eigenvalue weighted by molar-refractivity contribution is 0.0239. The molecule has 1 aliphatic heterocycles. The van der Waals surface area contributed by atoms with Crippen molar-refractivity contribution in [1.29, 1.82) is 0 Å². The number of nitrogens with zero attached hydrogens (tertiary/aromatic N) is 1. The second kappa shape index (κ2) is 8.52. The lowest BCUT2D eigenvalue weighted by atomic mass is 9.96. The zero-order chi connectivity index (χ0) is 16.9. The number of halogens is 2. The third kappa shape index (κ3) is 4.23. The van der Waals surface area contributed by atoms with Crippen LogP contribution in [0.4, 0.5) is 0 Å². The van der Waals surface area contributed by atoms with Gasteiger partial charge in [-0.2, -0.15) is 0 Å². The van der Waals surface area contributed by atoms with E-state index in [2.05, 4.69) is 45.7 Å². The molecule has 1 atom stereocenters. The molecule has 1 fully saturated rings. The molecule has 0 N–H and O–H groups in total. The summed E-state index contributed by atoms with van der Waals surface area (Å²) in [6.07, 6.45) is 0. The summed E-state index contributed by atoms with van der Waals surface area (Å²) in [5.41, 5.74) is 2.37. The van der Waals surface area contributed by atoms with Gasteiger partial charge in [-0.3, -0.25) is 4.90 Å². The van der Waals surface area contributed by atoms with Crippen LogP contribution in [0.25, 0.3) is 0 Å². The van der Waals surface area contributed by atoms with Crippen molar-refractivity contribution in [3.8, 4) is 5.75 Å². The highest BCUT2D eigenvalue weighted by molar-refractivity contribution is 14.1. The average Bonchev–Trinajstić information content (AvgIpc) is 2.61. The number of ether oxygens (including phenoxy) is 2. The molecule has 0 bridgehead atoms. The standard InChI is InChI=1S/C19H21ClINO2/c1-2-24-16-6-3-14(4-7-16)19(22-9-11-23-12-10-22)17-13-15(21)5-8-18(17)20/h3-8,13,19H,2,9-12H2,1H3. The number of hydrogen-bond acceptors (Lipinski definition) is 3. The molecule has 1 unspecified atom stereocenters. The topological polar surface area (TPSA) is 21.7 Å². The normalized spacial score (nSPS) is 16.8. The first-order valence-corrected chi connectivity index (χ1v) is 9.64. The molecule has 0 saturated carbocycles. The summed E-state index contributed by atoms with van der Waals surface area (Å²) in [5.74, 6) is 0.899. The molecule has 0 radical (unpaired) electrons. The molecule has 1 heterocycles. The van der Waals surface area contributed by atoms with E-state index in [0.29, 0.717) is 6.61 Å². The highest BCUT2D eigenvalue weighted by atomic mass is 127. The molecule has 24 heavy (non-hydrogen) atoms. The molecular weight excluding hydrogens is 437 g/mol. The van der Waals surface area contributed by atoms with Crippen LogP contribution < -0.4 is 4.74 Å². The lowest BCUT2D eigenvalue weighted by Crippen LogP contribution is -2.39. The van der Waals surface area contributed by atoms with Crippen LogP contribution in [0.2, 0.25) is 5.02 Å². The summed E-state index contributed by atoms with van der Waals surface area (Å²) in [7, 11) is 0. The van der Waals surface area contributed by atoms with E-state index in [0.717, 1.165) is 42.6 Å². The van der Waals surface area contributed by atoms with Crippen molar-refractivity contribution in [2.45, 2.75) is 13.0 Å². The molecule has 1 saturated heterocycles. The Kier molecular flexibility index (Phi) is 6.38. The molecule has 2 aromatic rings. The molecule has 1 aliphatic rings. The SMILES string of the molecule is CCOc1ccc(C(c2cc(I)ccc2Cl)N2CCOCC2)cc1. The Bertz CT molecular complexity index is 672. The minimum absolute atomic E-state index is 0.131. The molecule has 0 spiro atoms. The van der Waals surface area contributed by atoms with Gasteiger partial charge >= 0.3 is 0 Å². The highest BCUT2D eigenvalue weighted by Crippen LogP contribution is 2.35. The van der Waals surface area contributed by atoms with E-state index >= 15 is 0 Å². The molecule has 2 aromatic carbocycles. The Hall–Kier alpha value is -0.820. The lowest BCUT2D eigenvalue weighted by Gasteiger charge is -2.35. The molecule has 3 rings (SSSR count). The zero-order valence-electron chi connectivity index (χ0n) is 13.7. The Morgan fingerprint density at radius 2 is 1.88 bits per heavy atom. The van der Waals surface area contributed by atoms with Gasteiger partial charge in [0, 0.05) is 21.7 Å². The van der Waals surface area contributed by atoms with Gasteiger partial charge in [0.15, 0.2) is 0 Å². The molecule has 3 nitrogen and oxygen atoms in total. The summed E-state index contributed by atoms with van der Waals surface area (Å²) >= 11 is 8.90. The van der Waals surface area contributed by atoms with E-state index in [9.17, 15) is 0 Å². The van der Waals surface area contributed by atoms with Gasteiger partial charge in [-0.1, -0.05) is 23.7 Å². The number of morpholine rings is 1. The first kappa shape index (κ1) is 18.0. The van der Waals surface area contributed by atoms with Gasteiger partial charge in [-0.25, -0.2) is 0 Å². The molecule has 128 valence electrons. The first-order valence-electron chi connectivity index (χ1n) is 8.18. The van der Waals surface area contributed by atoms with Crippen molar-refractivity contribution < 1.29 is 9.47 Å². The van der Waals surface area contributed by atoms with Gasteiger partial charge in [0.25, 0.3) is 0 Å². The molecule has 0 aliphatic carbocycles. The first-order chi connectivity index (χ1) is 11.7. The largest absolute Gasteiger partial charge is 0.494 e. The van der Waals surface area contributed by atoms with Crippen LogP contribution in [-0.2, 0) is 4.74 Å². The average molecular weight is 458 g/mol. The van der Waals surface area contributed by atoms with Gasteiger partial charge in [-0.05, 0) is 71.0 Å². The third-order valence-electron chi connectivity index (χ3n) is 4.17. The van der Waals surface area contributed by atoms with Crippen molar-refractivity contribution in [2.75, 3.05) is 32.9 Å². The maximum Gasteiger partial charge on any atom is 0.119 e. The molecule has 5 heteroatoms. The monoisotopic (exact) mass is 457 g/mol. The highest BCUT2D eigenvalue weighted by Gasteiger charge is 2.26. The second-order valence-corrected chi connectivity index (χ2v) is 7.37. The van der Waals surface area contributed by atoms with Gasteiger partial charge in [0.2, 0.25) is 0 Å². The maximum atomic E-state index is 6.56. The summed E-state index contributed by atoms with van der Waals surface area (Å²) in [5, 5.41) is 0.806. The van der Waals surface area contributed by atoms with Crippen LogP contribution in [-0.4, -0.2) is 37.8 Å². The number of hydrogen-bond donors (Lipinski definition) is 0. The quantitative estimate of drug-likeness (QED) is 0.604. The smallest absolute Gasteiger partial charge is 0.119 e. The summed E-state index contributed by atoms with van der Waals surface area (Å²) in [6.45, 7) is 5.99. The third-order valence-corrected chi connectivity index (χ3v) is 5.19. The fourth-order valence-corrected chi connectivity index (χ4v) is 3.80.